The normalized spacial score (nSPS) is 10.8. The van der Waals surface area contributed by atoms with Crippen LogP contribution in [-0.4, -0.2) is 23.6 Å². The molecular weight excluding hydrogens is 382 g/mol. The van der Waals surface area contributed by atoms with Crippen LogP contribution in [0.25, 0.3) is 21.8 Å². The lowest BCUT2D eigenvalue weighted by Gasteiger charge is -2.14. The van der Waals surface area contributed by atoms with Crippen LogP contribution in [0.2, 0.25) is 0 Å². The third-order valence-corrected chi connectivity index (χ3v) is 4.91. The molecule has 6 nitrogen and oxygen atoms in total. The molecule has 0 N–H and O–H groups in total. The van der Waals surface area contributed by atoms with Crippen molar-refractivity contribution in [3.8, 4) is 0 Å². The second-order valence-electron chi connectivity index (χ2n) is 6.80. The van der Waals surface area contributed by atoms with Crippen molar-refractivity contribution in [2.24, 2.45) is 0 Å². The van der Waals surface area contributed by atoms with Crippen LogP contribution < -0.4 is 5.43 Å². The molecule has 0 unspecified atom stereocenters. The summed E-state index contributed by atoms with van der Waals surface area (Å²) in [7, 11) is 1.31. The van der Waals surface area contributed by atoms with E-state index in [1.165, 1.54) is 7.11 Å². The molecule has 0 saturated carbocycles. The summed E-state index contributed by atoms with van der Waals surface area (Å²) in [5, 5.41) is 1.10. The predicted octanol–water partition coefficient (Wildman–Crippen LogP) is 3.68. The Balaban J connectivity index is 1.61. The number of methoxy groups -OCH3 is 1. The molecule has 1 heterocycles. The highest BCUT2D eigenvalue weighted by molar-refractivity contribution is 5.94. The number of fused-ring (bicyclic) bond motifs is 2. The number of esters is 2. The topological polar surface area (TPSA) is 74.6 Å². The number of nitrogens with zero attached hydrogens (tertiary/aromatic N) is 1. The number of aromatic nitrogens is 1. The van der Waals surface area contributed by atoms with E-state index in [1.807, 2.05) is 24.3 Å². The van der Waals surface area contributed by atoms with Crippen molar-refractivity contribution in [2.75, 3.05) is 7.11 Å². The minimum atomic E-state index is -0.450. The molecule has 150 valence electrons. The fourth-order valence-corrected chi connectivity index (χ4v) is 3.49. The van der Waals surface area contributed by atoms with Crippen LogP contribution in [0.15, 0.2) is 77.6 Å². The number of hydrogen-bond acceptors (Lipinski definition) is 5. The lowest BCUT2D eigenvalue weighted by atomic mass is 10.1. The van der Waals surface area contributed by atoms with Gasteiger partial charge in [-0.15, -0.1) is 0 Å². The molecule has 30 heavy (non-hydrogen) atoms. The van der Waals surface area contributed by atoms with E-state index in [9.17, 15) is 14.4 Å². The highest BCUT2D eigenvalue weighted by Gasteiger charge is 2.14. The summed E-state index contributed by atoms with van der Waals surface area (Å²) >= 11 is 0. The van der Waals surface area contributed by atoms with Crippen LogP contribution in [-0.2, 0) is 27.4 Å². The van der Waals surface area contributed by atoms with Gasteiger partial charge in [-0.2, -0.15) is 0 Å². The molecule has 0 aliphatic heterocycles. The van der Waals surface area contributed by atoms with E-state index in [2.05, 4.69) is 0 Å². The Bertz CT molecular complexity index is 1260. The number of benzene rings is 3. The van der Waals surface area contributed by atoms with Gasteiger partial charge in [0.2, 0.25) is 0 Å². The maximum Gasteiger partial charge on any atom is 0.337 e. The molecule has 6 heteroatoms. The van der Waals surface area contributed by atoms with Gasteiger partial charge in [0, 0.05) is 10.8 Å². The van der Waals surface area contributed by atoms with Gasteiger partial charge < -0.3 is 14.0 Å². The van der Waals surface area contributed by atoms with Crippen LogP contribution in [0.1, 0.15) is 15.9 Å². The van der Waals surface area contributed by atoms with Crippen molar-refractivity contribution in [3.05, 3.63) is 94.1 Å². The maximum absolute atomic E-state index is 12.8. The van der Waals surface area contributed by atoms with Gasteiger partial charge >= 0.3 is 11.9 Å². The third-order valence-electron chi connectivity index (χ3n) is 4.91. The third kappa shape index (κ3) is 3.67. The summed E-state index contributed by atoms with van der Waals surface area (Å²) < 4.78 is 11.9. The molecule has 0 spiro atoms. The summed E-state index contributed by atoms with van der Waals surface area (Å²) in [5.74, 6) is -0.896. The van der Waals surface area contributed by atoms with Crippen LogP contribution in [0.4, 0.5) is 0 Å². The fraction of sp³-hybridized carbons (Fsp3) is 0.125. The minimum absolute atomic E-state index is 0.0275. The number of rotatable bonds is 5. The van der Waals surface area contributed by atoms with Gasteiger partial charge in [0.1, 0.15) is 13.2 Å². The number of para-hydroxylation sites is 2. The van der Waals surface area contributed by atoms with Crippen molar-refractivity contribution in [1.29, 1.82) is 0 Å². The molecule has 1 aromatic heterocycles. The Hall–Kier alpha value is -3.93. The highest BCUT2D eigenvalue weighted by Crippen LogP contribution is 2.19. The molecule has 0 amide bonds. The second-order valence-corrected chi connectivity index (χ2v) is 6.80. The van der Waals surface area contributed by atoms with E-state index in [1.54, 1.807) is 53.1 Å². The number of ether oxygens (including phenoxy) is 2. The summed E-state index contributed by atoms with van der Waals surface area (Å²) in [6.45, 7) is -0.0161. The first-order chi connectivity index (χ1) is 14.6. The zero-order valence-electron chi connectivity index (χ0n) is 16.3. The molecule has 4 aromatic rings. The first-order valence-corrected chi connectivity index (χ1v) is 9.41. The Morgan fingerprint density at radius 3 is 2.13 bits per heavy atom. The van der Waals surface area contributed by atoms with E-state index in [0.717, 1.165) is 0 Å². The van der Waals surface area contributed by atoms with Crippen LogP contribution >= 0.6 is 0 Å². The SMILES string of the molecule is COC(=O)c1cccc(COC(=O)Cn2c3ccccc3c(=O)c3ccccc32)c1. The average molecular weight is 401 g/mol. The first kappa shape index (κ1) is 19.4. The Kier molecular flexibility index (Phi) is 5.30. The van der Waals surface area contributed by atoms with E-state index >= 15 is 0 Å². The van der Waals surface area contributed by atoms with Gasteiger partial charge in [-0.25, -0.2) is 4.79 Å². The summed E-state index contributed by atoms with van der Waals surface area (Å²) in [4.78, 5) is 37.1. The van der Waals surface area contributed by atoms with Crippen molar-refractivity contribution in [1.82, 2.24) is 4.57 Å². The quantitative estimate of drug-likeness (QED) is 0.377. The zero-order valence-corrected chi connectivity index (χ0v) is 16.3. The lowest BCUT2D eigenvalue weighted by molar-refractivity contribution is -0.145. The van der Waals surface area contributed by atoms with Gasteiger partial charge in [0.15, 0.2) is 5.43 Å². The monoisotopic (exact) mass is 401 g/mol. The number of pyridine rings is 1. The number of carbonyl (C=O) groups is 2. The van der Waals surface area contributed by atoms with Gasteiger partial charge in [-0.1, -0.05) is 36.4 Å². The zero-order chi connectivity index (χ0) is 21.1. The first-order valence-electron chi connectivity index (χ1n) is 9.41. The Morgan fingerprint density at radius 2 is 1.50 bits per heavy atom. The van der Waals surface area contributed by atoms with E-state index < -0.39 is 11.9 Å². The van der Waals surface area contributed by atoms with Crippen LogP contribution in [0, 0.1) is 0 Å². The van der Waals surface area contributed by atoms with Gasteiger partial charge in [-0.3, -0.25) is 9.59 Å². The van der Waals surface area contributed by atoms with E-state index in [0.29, 0.717) is 32.9 Å². The van der Waals surface area contributed by atoms with Crippen LogP contribution in [0.3, 0.4) is 0 Å². The molecule has 4 rings (SSSR count). The Morgan fingerprint density at radius 1 is 0.867 bits per heavy atom. The molecule has 0 aliphatic carbocycles. The molecule has 0 bridgehead atoms. The smallest absolute Gasteiger partial charge is 0.337 e. The second kappa shape index (κ2) is 8.21. The molecule has 0 aliphatic rings. The standard InChI is InChI=1S/C24H19NO5/c1-29-24(28)17-8-6-7-16(13-17)15-30-22(26)14-25-20-11-4-2-9-18(20)23(27)19-10-3-5-12-21(19)25/h2-13H,14-15H2,1H3. The average Bonchev–Trinajstić information content (AvgIpc) is 2.80. The van der Waals surface area contributed by atoms with Crippen molar-refractivity contribution in [2.45, 2.75) is 13.2 Å². The Labute approximate surface area is 172 Å². The minimum Gasteiger partial charge on any atom is -0.465 e. The predicted molar refractivity (Wildman–Crippen MR) is 113 cm³/mol. The maximum atomic E-state index is 12.8. The molecule has 0 radical (unpaired) electrons. The van der Waals surface area contributed by atoms with Crippen molar-refractivity contribution >= 4 is 33.7 Å². The lowest BCUT2D eigenvalue weighted by Crippen LogP contribution is -2.18. The van der Waals surface area contributed by atoms with Crippen molar-refractivity contribution < 1.29 is 19.1 Å². The molecule has 3 aromatic carbocycles. The summed E-state index contributed by atoms with van der Waals surface area (Å²) in [6, 6.07) is 21.1. The van der Waals surface area contributed by atoms with E-state index in [-0.39, 0.29) is 18.6 Å². The van der Waals surface area contributed by atoms with Gasteiger partial charge in [0.05, 0.1) is 23.7 Å². The molecule has 0 saturated heterocycles. The van der Waals surface area contributed by atoms with Crippen LogP contribution in [0.5, 0.6) is 0 Å². The fourth-order valence-electron chi connectivity index (χ4n) is 3.49. The van der Waals surface area contributed by atoms with Gasteiger partial charge in [0.25, 0.3) is 0 Å². The van der Waals surface area contributed by atoms with Gasteiger partial charge in [-0.05, 0) is 42.0 Å². The van der Waals surface area contributed by atoms with E-state index in [4.69, 9.17) is 9.47 Å². The number of carbonyl (C=O) groups excluding carboxylic acids is 2. The number of hydrogen-bond donors (Lipinski definition) is 0. The summed E-state index contributed by atoms with van der Waals surface area (Å²) in [6.07, 6.45) is 0. The summed E-state index contributed by atoms with van der Waals surface area (Å²) in [5.41, 5.74) is 2.35. The van der Waals surface area contributed by atoms with Crippen molar-refractivity contribution in [3.63, 3.8) is 0 Å². The molecular formula is C24H19NO5. The highest BCUT2D eigenvalue weighted by atomic mass is 16.5. The molecule has 0 fully saturated rings. The molecule has 0 atom stereocenters. The largest absolute Gasteiger partial charge is 0.465 e.